The number of carbonyl (C=O) groups is 1. The highest BCUT2D eigenvalue weighted by Crippen LogP contribution is 2.32. The maximum absolute atomic E-state index is 12.5. The molecule has 1 N–H and O–H groups in total. The molecule has 32 heavy (non-hydrogen) atoms. The lowest BCUT2D eigenvalue weighted by Crippen LogP contribution is -2.13. The number of hydrogen-bond acceptors (Lipinski definition) is 4. The van der Waals surface area contributed by atoms with Crippen molar-refractivity contribution in [3.8, 4) is 17.6 Å². The number of nitrogens with one attached hydrogen (secondary N) is 1. The first kappa shape index (κ1) is 23.5. The Morgan fingerprint density at radius 3 is 2.34 bits per heavy atom. The standard InChI is InChI=1S/C24H17Cl3N2O3/c1-31-23-12-15(5-10-22(23)32-14-19-20(26)3-2-4-21(19)27)11-16(13-28)24(30)29-18-8-6-17(25)7-9-18/h2-12H,14H2,1H3,(H,29,30)/b16-11-. The molecule has 5 nitrogen and oxygen atoms in total. The number of benzene rings is 3. The Bertz CT molecular complexity index is 1180. The van der Waals surface area contributed by atoms with Crippen LogP contribution in [0.2, 0.25) is 15.1 Å². The maximum atomic E-state index is 12.5. The molecule has 0 bridgehead atoms. The van der Waals surface area contributed by atoms with Crippen LogP contribution in [0.5, 0.6) is 11.5 Å². The Labute approximate surface area is 200 Å². The van der Waals surface area contributed by atoms with Crippen molar-refractivity contribution < 1.29 is 14.3 Å². The van der Waals surface area contributed by atoms with Crippen molar-refractivity contribution in [3.05, 3.63) is 92.4 Å². The van der Waals surface area contributed by atoms with E-state index in [2.05, 4.69) is 5.32 Å². The van der Waals surface area contributed by atoms with E-state index < -0.39 is 5.91 Å². The summed E-state index contributed by atoms with van der Waals surface area (Å²) in [7, 11) is 1.50. The first-order valence-corrected chi connectivity index (χ1v) is 10.5. The van der Waals surface area contributed by atoms with Crippen LogP contribution < -0.4 is 14.8 Å². The number of hydrogen-bond donors (Lipinski definition) is 1. The van der Waals surface area contributed by atoms with Gasteiger partial charge in [-0.3, -0.25) is 4.79 Å². The van der Waals surface area contributed by atoms with E-state index in [0.29, 0.717) is 43.4 Å². The van der Waals surface area contributed by atoms with Crippen LogP contribution in [0.15, 0.2) is 66.2 Å². The lowest BCUT2D eigenvalue weighted by Gasteiger charge is -2.13. The number of anilines is 1. The van der Waals surface area contributed by atoms with Crippen molar-refractivity contribution in [1.29, 1.82) is 5.26 Å². The second-order valence-corrected chi connectivity index (χ2v) is 7.78. The second kappa shape index (κ2) is 10.9. The van der Waals surface area contributed by atoms with E-state index in [-0.39, 0.29) is 12.2 Å². The summed E-state index contributed by atoms with van der Waals surface area (Å²) in [6.07, 6.45) is 1.46. The minimum absolute atomic E-state index is 0.0708. The minimum Gasteiger partial charge on any atom is -0.493 e. The Morgan fingerprint density at radius 2 is 1.72 bits per heavy atom. The average molecular weight is 488 g/mol. The first-order valence-electron chi connectivity index (χ1n) is 9.33. The Hall–Kier alpha value is -3.17. The molecule has 8 heteroatoms. The van der Waals surface area contributed by atoms with Crippen LogP contribution in [0, 0.1) is 11.3 Å². The van der Waals surface area contributed by atoms with Crippen LogP contribution in [-0.4, -0.2) is 13.0 Å². The molecule has 0 aromatic heterocycles. The van der Waals surface area contributed by atoms with Gasteiger partial charge in [0.2, 0.25) is 0 Å². The van der Waals surface area contributed by atoms with E-state index in [1.807, 2.05) is 6.07 Å². The quantitative estimate of drug-likeness (QED) is 0.294. The highest BCUT2D eigenvalue weighted by molar-refractivity contribution is 6.36. The third-order valence-electron chi connectivity index (χ3n) is 4.40. The summed E-state index contributed by atoms with van der Waals surface area (Å²) < 4.78 is 11.2. The molecule has 0 fully saturated rings. The van der Waals surface area contributed by atoms with Gasteiger partial charge in [0, 0.05) is 26.3 Å². The van der Waals surface area contributed by atoms with Gasteiger partial charge < -0.3 is 14.8 Å². The lowest BCUT2D eigenvalue weighted by atomic mass is 10.1. The van der Waals surface area contributed by atoms with Crippen molar-refractivity contribution in [1.82, 2.24) is 0 Å². The molecule has 0 radical (unpaired) electrons. The molecule has 3 rings (SSSR count). The molecule has 0 unspecified atom stereocenters. The van der Waals surface area contributed by atoms with Crippen LogP contribution in [0.3, 0.4) is 0 Å². The van der Waals surface area contributed by atoms with Crippen molar-refractivity contribution in [3.63, 3.8) is 0 Å². The number of nitriles is 1. The van der Waals surface area contributed by atoms with Gasteiger partial charge >= 0.3 is 0 Å². The molecule has 0 heterocycles. The van der Waals surface area contributed by atoms with Gasteiger partial charge in [-0.15, -0.1) is 0 Å². The van der Waals surface area contributed by atoms with Crippen molar-refractivity contribution in [2.24, 2.45) is 0 Å². The number of methoxy groups -OCH3 is 1. The van der Waals surface area contributed by atoms with E-state index in [0.717, 1.165) is 0 Å². The lowest BCUT2D eigenvalue weighted by molar-refractivity contribution is -0.112. The monoisotopic (exact) mass is 486 g/mol. The molecule has 0 aliphatic rings. The van der Waals surface area contributed by atoms with Crippen molar-refractivity contribution >= 4 is 52.5 Å². The first-order chi connectivity index (χ1) is 15.4. The molecule has 3 aromatic rings. The fourth-order valence-electron chi connectivity index (χ4n) is 2.76. The number of halogens is 3. The van der Waals surface area contributed by atoms with E-state index in [1.54, 1.807) is 60.7 Å². The molecule has 0 aliphatic carbocycles. The molecular weight excluding hydrogens is 471 g/mol. The molecular formula is C24H17Cl3N2O3. The van der Waals surface area contributed by atoms with Gasteiger partial charge in [0.25, 0.3) is 5.91 Å². The third-order valence-corrected chi connectivity index (χ3v) is 5.36. The topological polar surface area (TPSA) is 71.3 Å². The molecule has 0 spiro atoms. The fraction of sp³-hybridized carbons (Fsp3) is 0.0833. The van der Waals surface area contributed by atoms with Crippen molar-refractivity contribution in [2.75, 3.05) is 12.4 Å². The molecule has 0 saturated carbocycles. The van der Waals surface area contributed by atoms with Crippen LogP contribution in [0.25, 0.3) is 6.08 Å². The van der Waals surface area contributed by atoms with Crippen molar-refractivity contribution in [2.45, 2.75) is 6.61 Å². The van der Waals surface area contributed by atoms with Gasteiger partial charge in [0.15, 0.2) is 11.5 Å². The van der Waals surface area contributed by atoms with E-state index >= 15 is 0 Å². The van der Waals surface area contributed by atoms with Gasteiger partial charge in [-0.2, -0.15) is 5.26 Å². The number of carbonyl (C=O) groups excluding carboxylic acids is 1. The molecule has 0 saturated heterocycles. The highest BCUT2D eigenvalue weighted by Gasteiger charge is 2.13. The summed E-state index contributed by atoms with van der Waals surface area (Å²) in [6.45, 7) is 0.150. The molecule has 1 amide bonds. The molecule has 3 aromatic carbocycles. The van der Waals surface area contributed by atoms with Gasteiger partial charge in [0.1, 0.15) is 18.2 Å². The minimum atomic E-state index is -0.539. The Balaban J connectivity index is 1.77. The largest absolute Gasteiger partial charge is 0.493 e. The number of nitrogens with zero attached hydrogens (tertiary/aromatic N) is 1. The van der Waals surface area contributed by atoms with E-state index in [1.165, 1.54) is 13.2 Å². The summed E-state index contributed by atoms with van der Waals surface area (Å²) >= 11 is 18.2. The molecule has 0 aliphatic heterocycles. The van der Waals surface area contributed by atoms with Gasteiger partial charge in [-0.05, 0) is 60.2 Å². The third kappa shape index (κ3) is 5.95. The summed E-state index contributed by atoms with van der Waals surface area (Å²) in [5.41, 5.74) is 1.71. The zero-order valence-corrected chi connectivity index (χ0v) is 19.1. The summed E-state index contributed by atoms with van der Waals surface area (Å²) in [6, 6.07) is 18.8. The average Bonchev–Trinajstić information content (AvgIpc) is 2.79. The number of rotatable bonds is 7. The normalized spacial score (nSPS) is 10.9. The molecule has 0 atom stereocenters. The van der Waals surface area contributed by atoms with Crippen LogP contribution >= 0.6 is 34.8 Å². The van der Waals surface area contributed by atoms with E-state index in [4.69, 9.17) is 44.3 Å². The zero-order valence-electron chi connectivity index (χ0n) is 16.9. The summed E-state index contributed by atoms with van der Waals surface area (Å²) in [5, 5.41) is 13.7. The van der Waals surface area contributed by atoms with Gasteiger partial charge in [-0.1, -0.05) is 46.9 Å². The van der Waals surface area contributed by atoms with Crippen LogP contribution in [0.4, 0.5) is 5.69 Å². The zero-order chi connectivity index (χ0) is 23.1. The fourth-order valence-corrected chi connectivity index (χ4v) is 3.39. The Morgan fingerprint density at radius 1 is 1.03 bits per heavy atom. The van der Waals surface area contributed by atoms with E-state index in [9.17, 15) is 10.1 Å². The highest BCUT2D eigenvalue weighted by atomic mass is 35.5. The summed E-state index contributed by atoms with van der Waals surface area (Å²) in [4.78, 5) is 12.5. The molecule has 162 valence electrons. The Kier molecular flexibility index (Phi) is 8.02. The smallest absolute Gasteiger partial charge is 0.266 e. The second-order valence-electron chi connectivity index (χ2n) is 6.53. The maximum Gasteiger partial charge on any atom is 0.266 e. The predicted octanol–water partition coefficient (Wildman–Crippen LogP) is 6.78. The summed E-state index contributed by atoms with van der Waals surface area (Å²) in [5.74, 6) is 0.351. The van der Waals surface area contributed by atoms with Gasteiger partial charge in [-0.25, -0.2) is 0 Å². The number of amides is 1. The van der Waals surface area contributed by atoms with Crippen LogP contribution in [-0.2, 0) is 11.4 Å². The van der Waals surface area contributed by atoms with Crippen LogP contribution in [0.1, 0.15) is 11.1 Å². The predicted molar refractivity (Wildman–Crippen MR) is 127 cm³/mol. The number of ether oxygens (including phenoxy) is 2. The SMILES string of the molecule is COc1cc(/C=C(/C#N)C(=O)Nc2ccc(Cl)cc2)ccc1OCc1c(Cl)cccc1Cl. The van der Waals surface area contributed by atoms with Gasteiger partial charge in [0.05, 0.1) is 7.11 Å².